The first kappa shape index (κ1) is 23.0. The number of carbonyl (C=O) groups excluding carboxylic acids is 3. The molecule has 33 heavy (non-hydrogen) atoms. The Balaban J connectivity index is 1.29. The highest BCUT2D eigenvalue weighted by molar-refractivity contribution is 6.04. The van der Waals surface area contributed by atoms with Crippen molar-refractivity contribution in [2.24, 2.45) is 0 Å². The van der Waals surface area contributed by atoms with E-state index in [2.05, 4.69) is 10.6 Å². The van der Waals surface area contributed by atoms with E-state index in [1.807, 2.05) is 60.0 Å². The van der Waals surface area contributed by atoms with Crippen LogP contribution in [-0.4, -0.2) is 66.3 Å². The van der Waals surface area contributed by atoms with Gasteiger partial charge in [0.25, 0.3) is 5.91 Å². The SMILES string of the molecule is CC(C)(C(=O)N1CCN(CC(=O)Nc2ccccc2C(=O)NC2CC2)CC1)c1ccccc1. The summed E-state index contributed by atoms with van der Waals surface area (Å²) in [6, 6.07) is 17.2. The topological polar surface area (TPSA) is 81.8 Å². The van der Waals surface area contributed by atoms with Crippen molar-refractivity contribution in [1.82, 2.24) is 15.1 Å². The van der Waals surface area contributed by atoms with Gasteiger partial charge in [-0.15, -0.1) is 0 Å². The predicted octanol–water partition coefficient (Wildman–Crippen LogP) is 2.64. The Morgan fingerprint density at radius 1 is 0.909 bits per heavy atom. The molecular weight excluding hydrogens is 416 g/mol. The number of rotatable bonds is 7. The lowest BCUT2D eigenvalue weighted by Gasteiger charge is -2.38. The van der Waals surface area contributed by atoms with Crippen LogP contribution in [0.2, 0.25) is 0 Å². The first-order valence-corrected chi connectivity index (χ1v) is 11.6. The van der Waals surface area contributed by atoms with Gasteiger partial charge in [0.15, 0.2) is 0 Å². The minimum absolute atomic E-state index is 0.105. The lowest BCUT2D eigenvalue weighted by Crippen LogP contribution is -2.54. The largest absolute Gasteiger partial charge is 0.349 e. The maximum Gasteiger partial charge on any atom is 0.253 e. The fourth-order valence-electron chi connectivity index (χ4n) is 4.16. The summed E-state index contributed by atoms with van der Waals surface area (Å²) >= 11 is 0. The molecule has 7 heteroatoms. The molecule has 3 amide bonds. The molecule has 2 aliphatic rings. The molecule has 0 aromatic heterocycles. The van der Waals surface area contributed by atoms with E-state index in [0.29, 0.717) is 37.4 Å². The zero-order valence-electron chi connectivity index (χ0n) is 19.3. The first-order chi connectivity index (χ1) is 15.8. The molecule has 0 bridgehead atoms. The number of carbonyl (C=O) groups is 3. The van der Waals surface area contributed by atoms with Gasteiger partial charge in [-0.1, -0.05) is 42.5 Å². The van der Waals surface area contributed by atoms with E-state index in [4.69, 9.17) is 0 Å². The van der Waals surface area contributed by atoms with Gasteiger partial charge in [0, 0.05) is 32.2 Å². The fourth-order valence-corrected chi connectivity index (χ4v) is 4.16. The van der Waals surface area contributed by atoms with Crippen LogP contribution in [0.15, 0.2) is 54.6 Å². The third-order valence-corrected chi connectivity index (χ3v) is 6.42. The molecule has 1 saturated carbocycles. The number of hydrogen-bond acceptors (Lipinski definition) is 4. The highest BCUT2D eigenvalue weighted by Crippen LogP contribution is 2.26. The van der Waals surface area contributed by atoms with Gasteiger partial charge in [0.2, 0.25) is 11.8 Å². The normalized spacial score (nSPS) is 16.8. The second-order valence-electron chi connectivity index (χ2n) is 9.40. The van der Waals surface area contributed by atoms with E-state index < -0.39 is 5.41 Å². The predicted molar refractivity (Wildman–Crippen MR) is 128 cm³/mol. The standard InChI is InChI=1S/C26H32N4O3/c1-26(2,19-8-4-3-5-9-19)25(33)30-16-14-29(15-17-30)18-23(31)28-22-11-7-6-10-21(22)24(32)27-20-12-13-20/h3-11,20H,12-18H2,1-2H3,(H,27,32)(H,28,31). The third kappa shape index (κ3) is 5.60. The van der Waals surface area contributed by atoms with Gasteiger partial charge < -0.3 is 15.5 Å². The molecule has 1 aliphatic heterocycles. The van der Waals surface area contributed by atoms with Gasteiger partial charge in [-0.25, -0.2) is 0 Å². The number of hydrogen-bond donors (Lipinski definition) is 2. The van der Waals surface area contributed by atoms with E-state index in [1.54, 1.807) is 18.2 Å². The fraction of sp³-hybridized carbons (Fsp3) is 0.423. The minimum Gasteiger partial charge on any atom is -0.349 e. The van der Waals surface area contributed by atoms with Gasteiger partial charge in [0.05, 0.1) is 23.2 Å². The second-order valence-corrected chi connectivity index (χ2v) is 9.40. The summed E-state index contributed by atoms with van der Waals surface area (Å²) in [5.41, 5.74) is 1.42. The van der Waals surface area contributed by atoms with E-state index in [-0.39, 0.29) is 30.3 Å². The lowest BCUT2D eigenvalue weighted by atomic mass is 9.83. The zero-order chi connectivity index (χ0) is 23.4. The number of nitrogens with one attached hydrogen (secondary N) is 2. The molecule has 1 heterocycles. The monoisotopic (exact) mass is 448 g/mol. The van der Waals surface area contributed by atoms with Crippen molar-refractivity contribution in [3.63, 3.8) is 0 Å². The summed E-state index contributed by atoms with van der Waals surface area (Å²) in [4.78, 5) is 42.2. The number of anilines is 1. The Kier molecular flexibility index (Phi) is 6.79. The van der Waals surface area contributed by atoms with Crippen LogP contribution in [0.4, 0.5) is 5.69 Å². The Hall–Kier alpha value is -3.19. The summed E-state index contributed by atoms with van der Waals surface area (Å²) in [6.45, 7) is 6.58. The molecule has 4 rings (SSSR count). The average Bonchev–Trinajstić information content (AvgIpc) is 3.64. The van der Waals surface area contributed by atoms with Crippen LogP contribution in [0, 0.1) is 0 Å². The van der Waals surface area contributed by atoms with E-state index in [1.165, 1.54) is 0 Å². The summed E-state index contributed by atoms with van der Waals surface area (Å²) in [7, 11) is 0. The molecule has 2 aromatic carbocycles. The summed E-state index contributed by atoms with van der Waals surface area (Å²) in [5, 5.41) is 5.86. The van der Waals surface area contributed by atoms with E-state index in [9.17, 15) is 14.4 Å². The van der Waals surface area contributed by atoms with Crippen LogP contribution in [0.1, 0.15) is 42.6 Å². The quantitative estimate of drug-likeness (QED) is 0.682. The molecule has 2 fully saturated rings. The van der Waals surface area contributed by atoms with Gasteiger partial charge in [-0.05, 0) is 44.4 Å². The summed E-state index contributed by atoms with van der Waals surface area (Å²) in [5.74, 6) is -0.207. The Labute approximate surface area is 195 Å². The third-order valence-electron chi connectivity index (χ3n) is 6.42. The van der Waals surface area contributed by atoms with E-state index in [0.717, 1.165) is 18.4 Å². The van der Waals surface area contributed by atoms with Crippen molar-refractivity contribution in [3.05, 3.63) is 65.7 Å². The molecular formula is C26H32N4O3. The lowest BCUT2D eigenvalue weighted by molar-refractivity contribution is -0.138. The average molecular weight is 449 g/mol. The van der Waals surface area contributed by atoms with Gasteiger partial charge in [-0.3, -0.25) is 19.3 Å². The number of amides is 3. The van der Waals surface area contributed by atoms with E-state index >= 15 is 0 Å². The molecule has 174 valence electrons. The van der Waals surface area contributed by atoms with Crippen molar-refractivity contribution in [2.45, 2.75) is 38.1 Å². The maximum atomic E-state index is 13.2. The van der Waals surface area contributed by atoms with Gasteiger partial charge in [0.1, 0.15) is 0 Å². The number of nitrogens with zero attached hydrogens (tertiary/aromatic N) is 2. The number of benzene rings is 2. The molecule has 0 unspecified atom stereocenters. The van der Waals surface area contributed by atoms with Crippen LogP contribution in [0.5, 0.6) is 0 Å². The van der Waals surface area contributed by atoms with Crippen LogP contribution < -0.4 is 10.6 Å². The molecule has 0 atom stereocenters. The van der Waals surface area contributed by atoms with Crippen molar-refractivity contribution in [2.75, 3.05) is 38.0 Å². The molecule has 1 saturated heterocycles. The molecule has 1 aliphatic carbocycles. The first-order valence-electron chi connectivity index (χ1n) is 11.6. The number of para-hydroxylation sites is 1. The number of piperazine rings is 1. The van der Waals surface area contributed by atoms with Crippen LogP contribution in [0.25, 0.3) is 0 Å². The molecule has 0 radical (unpaired) electrons. The van der Waals surface area contributed by atoms with Crippen molar-refractivity contribution >= 4 is 23.4 Å². The molecule has 2 aromatic rings. The maximum absolute atomic E-state index is 13.2. The zero-order valence-corrected chi connectivity index (χ0v) is 19.3. The molecule has 0 spiro atoms. The Bertz CT molecular complexity index is 1010. The highest BCUT2D eigenvalue weighted by Gasteiger charge is 2.35. The van der Waals surface area contributed by atoms with Crippen LogP contribution in [-0.2, 0) is 15.0 Å². The minimum atomic E-state index is -0.592. The summed E-state index contributed by atoms with van der Waals surface area (Å²) in [6.07, 6.45) is 2.02. The Morgan fingerprint density at radius 3 is 2.21 bits per heavy atom. The van der Waals surface area contributed by atoms with Gasteiger partial charge >= 0.3 is 0 Å². The highest BCUT2D eigenvalue weighted by atomic mass is 16.2. The molecule has 7 nitrogen and oxygen atoms in total. The van der Waals surface area contributed by atoms with Crippen LogP contribution >= 0.6 is 0 Å². The van der Waals surface area contributed by atoms with Crippen LogP contribution in [0.3, 0.4) is 0 Å². The van der Waals surface area contributed by atoms with Crippen molar-refractivity contribution < 1.29 is 14.4 Å². The van der Waals surface area contributed by atoms with Crippen molar-refractivity contribution in [1.29, 1.82) is 0 Å². The smallest absolute Gasteiger partial charge is 0.253 e. The molecule has 2 N–H and O–H groups in total. The Morgan fingerprint density at radius 2 is 1.55 bits per heavy atom. The van der Waals surface area contributed by atoms with Crippen molar-refractivity contribution in [3.8, 4) is 0 Å². The van der Waals surface area contributed by atoms with Gasteiger partial charge in [-0.2, -0.15) is 0 Å². The summed E-state index contributed by atoms with van der Waals surface area (Å²) < 4.78 is 0. The second kappa shape index (κ2) is 9.75.